The van der Waals surface area contributed by atoms with Gasteiger partial charge in [-0.15, -0.1) is 11.3 Å². The van der Waals surface area contributed by atoms with Crippen LogP contribution in [0.3, 0.4) is 0 Å². The van der Waals surface area contributed by atoms with E-state index in [1.54, 1.807) is 0 Å². The van der Waals surface area contributed by atoms with E-state index in [0.717, 1.165) is 0 Å². The highest BCUT2D eigenvalue weighted by atomic mass is 32.1. The lowest BCUT2D eigenvalue weighted by Gasteiger charge is -2.10. The summed E-state index contributed by atoms with van der Waals surface area (Å²) in [5.74, 6) is 0. The molecule has 5 rings (SSSR count). The fourth-order valence-corrected chi connectivity index (χ4v) is 4.25. The number of rotatable bonds is 0. The molecule has 0 saturated carbocycles. The topological polar surface area (TPSA) is 0 Å². The molecular weight excluding hydrogens is 248 g/mol. The summed E-state index contributed by atoms with van der Waals surface area (Å²) in [5.41, 5.74) is 0. The SMILES string of the molecule is c1ccc2c(c1)c1cccc3ccc4scc2c4c31. The van der Waals surface area contributed by atoms with Crippen molar-refractivity contribution in [1.82, 2.24) is 0 Å². The van der Waals surface area contributed by atoms with Crippen LogP contribution in [0.15, 0.2) is 60.0 Å². The Morgan fingerprint density at radius 2 is 1.37 bits per heavy atom. The highest BCUT2D eigenvalue weighted by Gasteiger charge is 2.13. The molecule has 0 spiro atoms. The van der Waals surface area contributed by atoms with Gasteiger partial charge in [-0.2, -0.15) is 0 Å². The zero-order valence-corrected chi connectivity index (χ0v) is 11.0. The zero-order valence-electron chi connectivity index (χ0n) is 10.2. The first-order chi connectivity index (χ1) is 9.43. The summed E-state index contributed by atoms with van der Waals surface area (Å²) < 4.78 is 1.39. The molecule has 0 fully saturated rings. The van der Waals surface area contributed by atoms with Gasteiger partial charge in [-0.1, -0.05) is 48.5 Å². The number of hydrogen-bond donors (Lipinski definition) is 0. The average Bonchev–Trinajstić information content (AvgIpc) is 2.91. The maximum Gasteiger partial charge on any atom is 0.0355 e. The van der Waals surface area contributed by atoms with E-state index in [2.05, 4.69) is 60.0 Å². The van der Waals surface area contributed by atoms with Crippen LogP contribution in [0.25, 0.3) is 42.4 Å². The Bertz CT molecular complexity index is 1050. The van der Waals surface area contributed by atoms with Crippen molar-refractivity contribution in [3.05, 3.63) is 60.0 Å². The summed E-state index contributed by atoms with van der Waals surface area (Å²) in [6.07, 6.45) is 0. The summed E-state index contributed by atoms with van der Waals surface area (Å²) in [5, 5.41) is 12.0. The lowest BCUT2D eigenvalue weighted by Crippen LogP contribution is -1.82. The first-order valence-corrected chi connectivity index (χ1v) is 7.34. The minimum absolute atomic E-state index is 1.35. The minimum atomic E-state index is 1.35. The van der Waals surface area contributed by atoms with E-state index in [0.29, 0.717) is 0 Å². The van der Waals surface area contributed by atoms with Gasteiger partial charge in [0.1, 0.15) is 0 Å². The minimum Gasteiger partial charge on any atom is -0.143 e. The molecule has 4 aromatic carbocycles. The molecule has 0 bridgehead atoms. The van der Waals surface area contributed by atoms with Crippen molar-refractivity contribution in [1.29, 1.82) is 0 Å². The average molecular weight is 258 g/mol. The van der Waals surface area contributed by atoms with Crippen molar-refractivity contribution in [2.45, 2.75) is 0 Å². The fourth-order valence-electron chi connectivity index (χ4n) is 3.28. The van der Waals surface area contributed by atoms with E-state index in [4.69, 9.17) is 0 Å². The molecule has 0 N–H and O–H groups in total. The molecule has 0 aliphatic heterocycles. The molecule has 0 unspecified atom stereocenters. The molecule has 1 heteroatoms. The molecule has 0 amide bonds. The summed E-state index contributed by atoms with van der Waals surface area (Å²) in [7, 11) is 0. The van der Waals surface area contributed by atoms with Crippen LogP contribution in [-0.4, -0.2) is 0 Å². The quantitative estimate of drug-likeness (QED) is 0.243. The van der Waals surface area contributed by atoms with E-state index in [1.165, 1.54) is 42.4 Å². The zero-order chi connectivity index (χ0) is 12.4. The molecule has 0 atom stereocenters. The van der Waals surface area contributed by atoms with Gasteiger partial charge in [-0.25, -0.2) is 0 Å². The Balaban J connectivity index is 2.34. The third-order valence-electron chi connectivity index (χ3n) is 4.09. The van der Waals surface area contributed by atoms with E-state index in [9.17, 15) is 0 Å². The molecule has 0 aliphatic carbocycles. The molecule has 5 aromatic rings. The standard InChI is InChI=1S/C18H10S/c1-2-6-13-12(5-1)14-7-3-4-11-8-9-16-18(17(11)14)15(13)10-19-16/h1-10H. The Hall–Kier alpha value is -2.12. The molecule has 0 aliphatic rings. The van der Waals surface area contributed by atoms with Gasteiger partial charge < -0.3 is 0 Å². The lowest BCUT2D eigenvalue weighted by atomic mass is 9.93. The fraction of sp³-hybridized carbons (Fsp3) is 0. The molecule has 0 saturated heterocycles. The van der Waals surface area contributed by atoms with Gasteiger partial charge in [0.25, 0.3) is 0 Å². The van der Waals surface area contributed by atoms with Crippen LogP contribution in [0, 0.1) is 0 Å². The number of fused-ring (bicyclic) bond motifs is 3. The molecule has 1 aromatic heterocycles. The van der Waals surface area contributed by atoms with Crippen molar-refractivity contribution in [2.75, 3.05) is 0 Å². The summed E-state index contributed by atoms with van der Waals surface area (Å²) >= 11 is 1.85. The monoisotopic (exact) mass is 258 g/mol. The largest absolute Gasteiger partial charge is 0.143 e. The molecule has 0 radical (unpaired) electrons. The number of hydrogen-bond acceptors (Lipinski definition) is 1. The van der Waals surface area contributed by atoms with Gasteiger partial charge in [0, 0.05) is 15.5 Å². The van der Waals surface area contributed by atoms with Crippen LogP contribution in [0.4, 0.5) is 0 Å². The third-order valence-corrected chi connectivity index (χ3v) is 5.04. The Morgan fingerprint density at radius 1 is 0.579 bits per heavy atom. The van der Waals surface area contributed by atoms with Crippen LogP contribution in [0.5, 0.6) is 0 Å². The van der Waals surface area contributed by atoms with Crippen LogP contribution in [0.2, 0.25) is 0 Å². The predicted molar refractivity (Wildman–Crippen MR) is 85.5 cm³/mol. The van der Waals surface area contributed by atoms with E-state index in [-0.39, 0.29) is 0 Å². The smallest absolute Gasteiger partial charge is 0.0355 e. The second-order valence-electron chi connectivity index (χ2n) is 5.04. The Labute approximate surface area is 114 Å². The maximum atomic E-state index is 2.30. The van der Waals surface area contributed by atoms with Gasteiger partial charge >= 0.3 is 0 Å². The van der Waals surface area contributed by atoms with Crippen molar-refractivity contribution in [3.8, 4) is 0 Å². The number of thiophene rings is 1. The van der Waals surface area contributed by atoms with E-state index >= 15 is 0 Å². The van der Waals surface area contributed by atoms with Crippen molar-refractivity contribution in [3.63, 3.8) is 0 Å². The van der Waals surface area contributed by atoms with Crippen LogP contribution >= 0.6 is 11.3 Å². The van der Waals surface area contributed by atoms with Gasteiger partial charge in [0.2, 0.25) is 0 Å². The van der Waals surface area contributed by atoms with Gasteiger partial charge in [-0.05, 0) is 38.4 Å². The maximum absolute atomic E-state index is 2.30. The second-order valence-corrected chi connectivity index (χ2v) is 5.95. The Kier molecular flexibility index (Phi) is 1.67. The van der Waals surface area contributed by atoms with Crippen LogP contribution in [0.1, 0.15) is 0 Å². The van der Waals surface area contributed by atoms with Crippen molar-refractivity contribution >= 4 is 53.7 Å². The van der Waals surface area contributed by atoms with Gasteiger partial charge in [-0.3, -0.25) is 0 Å². The van der Waals surface area contributed by atoms with E-state index < -0.39 is 0 Å². The summed E-state index contributed by atoms with van der Waals surface area (Å²) in [4.78, 5) is 0. The van der Waals surface area contributed by atoms with E-state index in [1.807, 2.05) is 11.3 Å². The summed E-state index contributed by atoms with van der Waals surface area (Å²) in [6, 6.07) is 19.9. The van der Waals surface area contributed by atoms with Gasteiger partial charge in [0.15, 0.2) is 0 Å². The third kappa shape index (κ3) is 1.09. The van der Waals surface area contributed by atoms with Gasteiger partial charge in [0.05, 0.1) is 0 Å². The van der Waals surface area contributed by atoms with Crippen LogP contribution < -0.4 is 0 Å². The first kappa shape index (κ1) is 9.76. The van der Waals surface area contributed by atoms with Crippen molar-refractivity contribution in [2.24, 2.45) is 0 Å². The lowest BCUT2D eigenvalue weighted by molar-refractivity contribution is 1.82. The Morgan fingerprint density at radius 3 is 2.26 bits per heavy atom. The molecular formula is C18H10S. The predicted octanol–water partition coefficient (Wildman–Crippen LogP) is 5.80. The first-order valence-electron chi connectivity index (χ1n) is 6.46. The highest BCUT2D eigenvalue weighted by Crippen LogP contribution is 2.42. The molecule has 88 valence electrons. The normalized spacial score (nSPS) is 12.2. The highest BCUT2D eigenvalue weighted by molar-refractivity contribution is 7.18. The number of benzene rings is 4. The second kappa shape index (κ2) is 3.25. The molecule has 0 nitrogen and oxygen atoms in total. The van der Waals surface area contributed by atoms with Crippen LogP contribution in [-0.2, 0) is 0 Å². The summed E-state index contributed by atoms with van der Waals surface area (Å²) in [6.45, 7) is 0. The molecule has 19 heavy (non-hydrogen) atoms. The molecule has 1 heterocycles. The van der Waals surface area contributed by atoms with Crippen molar-refractivity contribution < 1.29 is 0 Å².